The molecule has 4 nitrogen and oxygen atoms in total. The van der Waals surface area contributed by atoms with Gasteiger partial charge in [0.2, 0.25) is 0 Å². The fourth-order valence-corrected chi connectivity index (χ4v) is 4.32. The van der Waals surface area contributed by atoms with E-state index in [1.807, 2.05) is 0 Å². The molecule has 0 aliphatic heterocycles. The summed E-state index contributed by atoms with van der Waals surface area (Å²) in [7, 11) is 1.42. The second-order valence-electron chi connectivity index (χ2n) is 13.1. The fraction of sp³-hybridized carbons (Fsp3) is 0.958. The van der Waals surface area contributed by atoms with Crippen molar-refractivity contribution in [1.82, 2.24) is 0 Å². The Labute approximate surface area is 312 Å². The third kappa shape index (κ3) is 7.90. The van der Waals surface area contributed by atoms with Gasteiger partial charge < -0.3 is 14.7 Å². The van der Waals surface area contributed by atoms with E-state index in [1.165, 1.54) is 0 Å². The summed E-state index contributed by atoms with van der Waals surface area (Å²) in [4.78, 5) is 10.6. The maximum absolute atomic E-state index is 14.2. The van der Waals surface area contributed by atoms with Crippen LogP contribution in [0.1, 0.15) is 12.8 Å². The minimum atomic E-state index is -10.3. The van der Waals surface area contributed by atoms with Crippen molar-refractivity contribution in [1.29, 1.82) is 0 Å². The van der Waals surface area contributed by atoms with E-state index in [9.17, 15) is 155 Å². The number of halogens is 33. The van der Waals surface area contributed by atoms with Gasteiger partial charge in [-0.25, -0.2) is 0 Å². The SMILES string of the molecule is C[N+](C)(CCC(=O)O)CC(O)CC(F)(F)C(F)(F)C(F)(F)C(F)(F)C(F)(F)C(F)(F)C(F)(F)C(F)(F)C(F)(F)C(F)(F)C(F)(F)C(F)(F)C(F)(F)C(F)(F)C(F)(F)C(F)(F)F. The Bertz CT molecular complexity index is 1580. The monoisotopic (exact) mass is 994 g/mol. The molecule has 0 aromatic heterocycles. The molecule has 0 aliphatic carbocycles. The molecule has 0 saturated heterocycles. The summed E-state index contributed by atoms with van der Waals surface area (Å²) in [6.45, 7) is -2.38. The number of carbonyl (C=O) groups is 1. The maximum Gasteiger partial charge on any atom is 0.460 e. The van der Waals surface area contributed by atoms with Crippen molar-refractivity contribution >= 4 is 5.97 Å². The fourth-order valence-electron chi connectivity index (χ4n) is 4.32. The van der Waals surface area contributed by atoms with Crippen LogP contribution in [0.3, 0.4) is 0 Å². The average molecular weight is 994 g/mol. The highest BCUT2D eigenvalue weighted by Gasteiger charge is 3.01. The molecule has 0 aliphatic rings. The van der Waals surface area contributed by atoms with Gasteiger partial charge in [-0.1, -0.05) is 0 Å². The van der Waals surface area contributed by atoms with Crippen molar-refractivity contribution in [3.8, 4) is 0 Å². The predicted octanol–water partition coefficient (Wildman–Crippen LogP) is 10.4. The van der Waals surface area contributed by atoms with Crippen molar-refractivity contribution < 1.29 is 164 Å². The summed E-state index contributed by atoms with van der Waals surface area (Å²) in [6, 6.07) is 0. The molecule has 0 rings (SSSR count). The first-order valence-corrected chi connectivity index (χ1v) is 14.2. The summed E-state index contributed by atoms with van der Waals surface area (Å²) in [6.07, 6.45) is -16.2. The van der Waals surface area contributed by atoms with Crippen LogP contribution in [0.4, 0.5) is 145 Å². The number of quaternary nitrogens is 1. The maximum atomic E-state index is 14.2. The highest BCUT2D eigenvalue weighted by atomic mass is 19.4. The average Bonchev–Trinajstić information content (AvgIpc) is 3.01. The van der Waals surface area contributed by atoms with E-state index in [-0.39, 0.29) is 0 Å². The second kappa shape index (κ2) is 15.1. The first kappa shape index (κ1) is 58.1. The molecule has 0 saturated carbocycles. The summed E-state index contributed by atoms with van der Waals surface area (Å²) in [5.41, 5.74) is 0. The summed E-state index contributed by atoms with van der Waals surface area (Å²) < 4.78 is 452. The van der Waals surface area contributed by atoms with Gasteiger partial charge in [-0.3, -0.25) is 4.79 Å². The number of rotatable bonds is 21. The van der Waals surface area contributed by atoms with Gasteiger partial charge in [0.1, 0.15) is 12.6 Å². The molecular formula is C24H17F33NO3+. The van der Waals surface area contributed by atoms with Gasteiger partial charge in [0.05, 0.1) is 27.1 Å². The van der Waals surface area contributed by atoms with Gasteiger partial charge in [0.25, 0.3) is 0 Å². The van der Waals surface area contributed by atoms with Crippen LogP contribution < -0.4 is 0 Å². The lowest BCUT2D eigenvalue weighted by molar-refractivity contribution is -0.893. The van der Waals surface area contributed by atoms with Crippen molar-refractivity contribution in [2.45, 2.75) is 114 Å². The first-order chi connectivity index (χ1) is 25.8. The van der Waals surface area contributed by atoms with Crippen LogP contribution in [0, 0.1) is 0 Å². The lowest BCUT2D eigenvalue weighted by atomic mass is 9.82. The molecule has 1 atom stereocenters. The zero-order valence-electron chi connectivity index (χ0n) is 28.1. The molecule has 1 unspecified atom stereocenters. The Morgan fingerprint density at radius 2 is 0.590 bits per heavy atom. The molecule has 0 heterocycles. The molecule has 0 aromatic rings. The number of aliphatic carboxylic acids is 1. The van der Waals surface area contributed by atoms with E-state index in [1.54, 1.807) is 0 Å². The van der Waals surface area contributed by atoms with Gasteiger partial charge in [0, 0.05) is 6.42 Å². The highest BCUT2D eigenvalue weighted by Crippen LogP contribution is 2.70. The molecule has 366 valence electrons. The van der Waals surface area contributed by atoms with Crippen LogP contribution in [-0.2, 0) is 4.79 Å². The van der Waals surface area contributed by atoms with E-state index < -0.39 is 138 Å². The second-order valence-corrected chi connectivity index (χ2v) is 13.1. The van der Waals surface area contributed by atoms with E-state index >= 15 is 0 Å². The summed E-state index contributed by atoms with van der Waals surface area (Å²) in [5, 5.41) is 18.1. The number of carboxylic acids is 1. The molecule has 2 N–H and O–H groups in total. The number of nitrogens with zero attached hydrogens (tertiary/aromatic N) is 1. The Morgan fingerprint density at radius 3 is 0.787 bits per heavy atom. The minimum Gasteiger partial charge on any atom is -0.481 e. The van der Waals surface area contributed by atoms with Crippen LogP contribution in [0.25, 0.3) is 0 Å². The van der Waals surface area contributed by atoms with Gasteiger partial charge >= 0.3 is 101 Å². The lowest BCUT2D eigenvalue weighted by Crippen LogP contribution is -2.80. The molecule has 0 aromatic carbocycles. The summed E-state index contributed by atoms with van der Waals surface area (Å²) in [5.74, 6) is -146. The molecule has 0 bridgehead atoms. The highest BCUT2D eigenvalue weighted by molar-refractivity contribution is 5.66. The topological polar surface area (TPSA) is 57.5 Å². The van der Waals surface area contributed by atoms with Gasteiger partial charge in [-0.15, -0.1) is 0 Å². The predicted molar refractivity (Wildman–Crippen MR) is 125 cm³/mol. The van der Waals surface area contributed by atoms with Crippen LogP contribution in [-0.4, -0.2) is 149 Å². The number of hydrogen-bond acceptors (Lipinski definition) is 2. The van der Waals surface area contributed by atoms with E-state index in [0.29, 0.717) is 14.1 Å². The van der Waals surface area contributed by atoms with Crippen LogP contribution in [0.15, 0.2) is 0 Å². The van der Waals surface area contributed by atoms with Crippen molar-refractivity contribution in [3.05, 3.63) is 0 Å². The molecule has 0 spiro atoms. The van der Waals surface area contributed by atoms with E-state index in [0.717, 1.165) is 0 Å². The quantitative estimate of drug-likeness (QED) is 0.0890. The van der Waals surface area contributed by atoms with Gasteiger partial charge in [0.15, 0.2) is 0 Å². The van der Waals surface area contributed by atoms with Crippen molar-refractivity contribution in [3.63, 3.8) is 0 Å². The largest absolute Gasteiger partial charge is 0.481 e. The van der Waals surface area contributed by atoms with Crippen molar-refractivity contribution in [2.24, 2.45) is 0 Å². The van der Waals surface area contributed by atoms with Crippen LogP contribution in [0.5, 0.6) is 0 Å². The number of aliphatic hydroxyl groups excluding tert-OH is 1. The van der Waals surface area contributed by atoms with Gasteiger partial charge in [-0.2, -0.15) is 145 Å². The smallest absolute Gasteiger partial charge is 0.460 e. The zero-order valence-corrected chi connectivity index (χ0v) is 28.1. The molecule has 0 amide bonds. The van der Waals surface area contributed by atoms with Crippen LogP contribution in [0.2, 0.25) is 0 Å². The number of aliphatic hydroxyl groups is 1. The molecule has 61 heavy (non-hydrogen) atoms. The number of hydrogen-bond donors (Lipinski definition) is 2. The first-order valence-electron chi connectivity index (χ1n) is 14.2. The summed E-state index contributed by atoms with van der Waals surface area (Å²) >= 11 is 0. The van der Waals surface area contributed by atoms with Gasteiger partial charge in [-0.05, 0) is 0 Å². The standard InChI is InChI=1S/C24H16F33NO3/c1-58(2,4-3-8(60)61)6-7(59)5-9(25,26)10(27,28)11(29,30)12(31,32)13(33,34)14(35,36)15(37,38)16(39,40)17(41,42)18(43,44)19(45,46)20(47,48)21(49,50)22(51,52)23(53,54)24(55,56)57/h7,59H,3-6H2,1-2H3/p+1. The number of likely N-dealkylation sites (N-methyl/N-ethyl adjacent to an activating group) is 1. The number of alkyl halides is 33. The van der Waals surface area contributed by atoms with Crippen LogP contribution >= 0.6 is 0 Å². The lowest BCUT2D eigenvalue weighted by Gasteiger charge is -2.47. The van der Waals surface area contributed by atoms with E-state index in [4.69, 9.17) is 5.11 Å². The zero-order chi connectivity index (χ0) is 50.5. The molecule has 0 fully saturated rings. The Balaban J connectivity index is 7.52. The molecular weight excluding hydrogens is 977 g/mol. The normalized spacial score (nSPS) is 17.2. The number of carboxylic acid groups (broad SMARTS) is 1. The third-order valence-corrected chi connectivity index (χ3v) is 8.07. The molecule has 0 radical (unpaired) electrons. The Kier molecular flexibility index (Phi) is 14.4. The van der Waals surface area contributed by atoms with E-state index in [2.05, 4.69) is 0 Å². The van der Waals surface area contributed by atoms with Crippen molar-refractivity contribution in [2.75, 3.05) is 27.2 Å². The third-order valence-electron chi connectivity index (χ3n) is 8.07. The minimum absolute atomic E-state index is 0.712. The molecule has 37 heteroatoms. The Morgan fingerprint density at radius 1 is 0.393 bits per heavy atom. The Hall–Kier alpha value is -2.92.